The number of esters is 1. The van der Waals surface area contributed by atoms with E-state index in [1.807, 2.05) is 11.9 Å². The first-order chi connectivity index (χ1) is 7.00. The molecule has 0 saturated carbocycles. The number of Topliss-reactive ketones (excluding diaryl/α,β-unsaturated/α-hetero) is 1. The van der Waals surface area contributed by atoms with Crippen molar-refractivity contribution < 1.29 is 14.3 Å². The van der Waals surface area contributed by atoms with Crippen LogP contribution in [0.4, 0.5) is 0 Å². The SMILES string of the molecule is CC(C)OC(=O)C1CN(C)CCCC1=O. The van der Waals surface area contributed by atoms with Crippen LogP contribution in [0.15, 0.2) is 0 Å². The minimum Gasteiger partial charge on any atom is -0.462 e. The van der Waals surface area contributed by atoms with Crippen LogP contribution in [0.25, 0.3) is 0 Å². The molecule has 1 unspecified atom stereocenters. The van der Waals surface area contributed by atoms with Crippen LogP contribution in [0.1, 0.15) is 26.7 Å². The van der Waals surface area contributed by atoms with Crippen LogP contribution in [-0.4, -0.2) is 42.9 Å². The van der Waals surface area contributed by atoms with Crippen molar-refractivity contribution in [3.8, 4) is 0 Å². The molecule has 0 spiro atoms. The summed E-state index contributed by atoms with van der Waals surface area (Å²) < 4.78 is 5.08. The molecule has 0 bridgehead atoms. The summed E-state index contributed by atoms with van der Waals surface area (Å²) in [4.78, 5) is 25.3. The number of carbonyl (C=O) groups excluding carboxylic acids is 2. The smallest absolute Gasteiger partial charge is 0.318 e. The summed E-state index contributed by atoms with van der Waals surface area (Å²) in [5, 5.41) is 0. The third kappa shape index (κ3) is 3.63. The number of hydrogen-bond donors (Lipinski definition) is 0. The minimum atomic E-state index is -0.583. The van der Waals surface area contributed by atoms with Crippen molar-refractivity contribution in [1.82, 2.24) is 4.90 Å². The highest BCUT2D eigenvalue weighted by molar-refractivity contribution is 5.99. The zero-order chi connectivity index (χ0) is 11.4. The summed E-state index contributed by atoms with van der Waals surface area (Å²) in [5.41, 5.74) is 0. The number of hydrogen-bond acceptors (Lipinski definition) is 4. The topological polar surface area (TPSA) is 46.6 Å². The number of carbonyl (C=O) groups is 2. The molecular weight excluding hydrogens is 194 g/mol. The molecule has 15 heavy (non-hydrogen) atoms. The summed E-state index contributed by atoms with van der Waals surface area (Å²) in [6, 6.07) is 0. The lowest BCUT2D eigenvalue weighted by Gasteiger charge is -2.18. The lowest BCUT2D eigenvalue weighted by Crippen LogP contribution is -2.35. The fourth-order valence-electron chi connectivity index (χ4n) is 1.72. The van der Waals surface area contributed by atoms with E-state index in [1.165, 1.54) is 0 Å². The van der Waals surface area contributed by atoms with Gasteiger partial charge in [0.05, 0.1) is 6.10 Å². The molecule has 1 atom stereocenters. The third-order valence-electron chi connectivity index (χ3n) is 2.48. The van der Waals surface area contributed by atoms with Crippen LogP contribution in [0, 0.1) is 5.92 Å². The van der Waals surface area contributed by atoms with Crippen molar-refractivity contribution in [2.45, 2.75) is 32.8 Å². The van der Waals surface area contributed by atoms with E-state index in [1.54, 1.807) is 13.8 Å². The third-order valence-corrected chi connectivity index (χ3v) is 2.48. The summed E-state index contributed by atoms with van der Waals surface area (Å²) in [7, 11) is 1.92. The fraction of sp³-hybridized carbons (Fsp3) is 0.818. The first-order valence-electron chi connectivity index (χ1n) is 5.42. The van der Waals surface area contributed by atoms with Gasteiger partial charge in [-0.1, -0.05) is 0 Å². The van der Waals surface area contributed by atoms with E-state index in [2.05, 4.69) is 0 Å². The van der Waals surface area contributed by atoms with Gasteiger partial charge in [-0.3, -0.25) is 9.59 Å². The number of likely N-dealkylation sites (tertiary alicyclic amines) is 1. The van der Waals surface area contributed by atoms with Crippen molar-refractivity contribution in [2.24, 2.45) is 5.92 Å². The first kappa shape index (κ1) is 12.2. The van der Waals surface area contributed by atoms with Crippen molar-refractivity contribution >= 4 is 11.8 Å². The normalized spacial score (nSPS) is 24.0. The largest absolute Gasteiger partial charge is 0.462 e. The maximum absolute atomic E-state index is 11.7. The van der Waals surface area contributed by atoms with Gasteiger partial charge < -0.3 is 9.64 Å². The Morgan fingerprint density at radius 1 is 1.53 bits per heavy atom. The van der Waals surface area contributed by atoms with Gasteiger partial charge in [-0.2, -0.15) is 0 Å². The highest BCUT2D eigenvalue weighted by Gasteiger charge is 2.31. The molecule has 0 aromatic heterocycles. The van der Waals surface area contributed by atoms with E-state index in [0.717, 1.165) is 13.0 Å². The second kappa shape index (κ2) is 5.26. The van der Waals surface area contributed by atoms with Crippen molar-refractivity contribution in [3.05, 3.63) is 0 Å². The van der Waals surface area contributed by atoms with Crippen LogP contribution in [0.3, 0.4) is 0 Å². The zero-order valence-electron chi connectivity index (χ0n) is 9.66. The number of ketones is 1. The molecule has 0 aromatic rings. The second-order valence-electron chi connectivity index (χ2n) is 4.37. The monoisotopic (exact) mass is 213 g/mol. The van der Waals surface area contributed by atoms with Crippen molar-refractivity contribution in [1.29, 1.82) is 0 Å². The molecular formula is C11H19NO3. The Labute approximate surface area is 90.6 Å². The lowest BCUT2D eigenvalue weighted by atomic mass is 10.0. The Kier molecular flexibility index (Phi) is 4.27. The maximum atomic E-state index is 11.7. The molecule has 4 heteroatoms. The molecule has 1 rings (SSSR count). The number of ether oxygens (including phenoxy) is 1. The average Bonchev–Trinajstić information content (AvgIpc) is 2.27. The van der Waals surface area contributed by atoms with Crippen LogP contribution >= 0.6 is 0 Å². The van der Waals surface area contributed by atoms with Crippen LogP contribution in [0.2, 0.25) is 0 Å². The Balaban J connectivity index is 2.63. The van der Waals surface area contributed by atoms with Gasteiger partial charge in [0, 0.05) is 13.0 Å². The zero-order valence-corrected chi connectivity index (χ0v) is 9.66. The molecule has 1 heterocycles. The fourth-order valence-corrected chi connectivity index (χ4v) is 1.72. The van der Waals surface area contributed by atoms with Gasteiger partial charge in [-0.05, 0) is 33.9 Å². The van der Waals surface area contributed by atoms with E-state index in [9.17, 15) is 9.59 Å². The lowest BCUT2D eigenvalue weighted by molar-refractivity contribution is -0.155. The van der Waals surface area contributed by atoms with Gasteiger partial charge in [0.15, 0.2) is 0 Å². The van der Waals surface area contributed by atoms with Gasteiger partial charge in [0.25, 0.3) is 0 Å². The molecule has 0 aromatic carbocycles. The Hall–Kier alpha value is -0.900. The molecule has 0 N–H and O–H groups in total. The molecule has 0 radical (unpaired) electrons. The predicted octanol–water partition coefficient (Wildman–Crippen LogP) is 0.849. The standard InChI is InChI=1S/C11H19NO3/c1-8(2)15-11(14)9-7-12(3)6-4-5-10(9)13/h8-9H,4-7H2,1-3H3. The number of nitrogens with zero attached hydrogens (tertiary/aromatic N) is 1. The van der Waals surface area contributed by atoms with Crippen LogP contribution in [0.5, 0.6) is 0 Å². The Bertz CT molecular complexity index is 250. The number of rotatable bonds is 2. The molecule has 86 valence electrons. The molecule has 1 aliphatic heterocycles. The quantitative estimate of drug-likeness (QED) is 0.504. The first-order valence-corrected chi connectivity index (χ1v) is 5.42. The summed E-state index contributed by atoms with van der Waals surface area (Å²) in [5.74, 6) is -0.936. The summed E-state index contributed by atoms with van der Waals surface area (Å²) in [6.07, 6.45) is 1.17. The Morgan fingerprint density at radius 2 is 2.20 bits per heavy atom. The van der Waals surface area contributed by atoms with E-state index in [4.69, 9.17) is 4.74 Å². The van der Waals surface area contributed by atoms with Crippen LogP contribution in [-0.2, 0) is 14.3 Å². The maximum Gasteiger partial charge on any atom is 0.318 e. The van der Waals surface area contributed by atoms with E-state index < -0.39 is 5.92 Å². The Morgan fingerprint density at radius 3 is 2.80 bits per heavy atom. The average molecular weight is 213 g/mol. The van der Waals surface area contributed by atoms with Gasteiger partial charge in [-0.25, -0.2) is 0 Å². The van der Waals surface area contributed by atoms with Crippen LogP contribution < -0.4 is 0 Å². The van der Waals surface area contributed by atoms with Gasteiger partial charge >= 0.3 is 5.97 Å². The molecule has 1 saturated heterocycles. The summed E-state index contributed by atoms with van der Waals surface area (Å²) in [6.45, 7) is 4.95. The minimum absolute atomic E-state index is 0.0185. The second-order valence-corrected chi connectivity index (χ2v) is 4.37. The van der Waals surface area contributed by atoms with Gasteiger partial charge in [0.1, 0.15) is 11.7 Å². The molecule has 0 aliphatic carbocycles. The van der Waals surface area contributed by atoms with E-state index >= 15 is 0 Å². The van der Waals surface area contributed by atoms with E-state index in [-0.39, 0.29) is 17.9 Å². The molecule has 0 amide bonds. The molecule has 1 fully saturated rings. The van der Waals surface area contributed by atoms with E-state index in [0.29, 0.717) is 13.0 Å². The summed E-state index contributed by atoms with van der Waals surface area (Å²) >= 11 is 0. The van der Waals surface area contributed by atoms with Crippen molar-refractivity contribution in [2.75, 3.05) is 20.1 Å². The highest BCUT2D eigenvalue weighted by Crippen LogP contribution is 2.14. The van der Waals surface area contributed by atoms with Gasteiger partial charge in [0.2, 0.25) is 0 Å². The van der Waals surface area contributed by atoms with Gasteiger partial charge in [-0.15, -0.1) is 0 Å². The highest BCUT2D eigenvalue weighted by atomic mass is 16.5. The molecule has 4 nitrogen and oxygen atoms in total. The molecule has 1 aliphatic rings. The van der Waals surface area contributed by atoms with Crippen molar-refractivity contribution in [3.63, 3.8) is 0 Å². The predicted molar refractivity (Wildman–Crippen MR) is 56.5 cm³/mol.